The highest BCUT2D eigenvalue weighted by Gasteiger charge is 2.33. The van der Waals surface area contributed by atoms with Gasteiger partial charge in [-0.1, -0.05) is 6.42 Å². The van der Waals surface area contributed by atoms with Crippen molar-refractivity contribution in [2.75, 3.05) is 13.1 Å². The Morgan fingerprint density at radius 3 is 2.44 bits per heavy atom. The normalized spacial score (nSPS) is 14.8. The molecule has 0 atom stereocenters. The third-order valence-corrected chi connectivity index (χ3v) is 2.71. The van der Waals surface area contributed by atoms with Crippen LogP contribution in [0.2, 0.25) is 0 Å². The third kappa shape index (κ3) is 4.61. The van der Waals surface area contributed by atoms with E-state index >= 15 is 0 Å². The van der Waals surface area contributed by atoms with Crippen molar-refractivity contribution in [3.63, 3.8) is 0 Å². The topological polar surface area (TPSA) is 83.6 Å². The number of carbonyl (C=O) groups is 2. The molecule has 0 aromatic rings. The number of unbranched alkanes of at least 4 members (excludes halogenated alkanes) is 2. The van der Waals surface area contributed by atoms with Crippen molar-refractivity contribution in [2.24, 2.45) is 5.73 Å². The van der Waals surface area contributed by atoms with E-state index in [1.807, 2.05) is 0 Å². The summed E-state index contributed by atoms with van der Waals surface area (Å²) in [5.74, 6) is -0.955. The molecular formula is C11H20N2O3. The van der Waals surface area contributed by atoms with Gasteiger partial charge < -0.3 is 15.7 Å². The van der Waals surface area contributed by atoms with Gasteiger partial charge in [0.15, 0.2) is 0 Å². The van der Waals surface area contributed by atoms with Crippen LogP contribution in [0, 0.1) is 0 Å². The maximum absolute atomic E-state index is 11.8. The third-order valence-electron chi connectivity index (χ3n) is 2.71. The Bertz CT molecular complexity index is 252. The van der Waals surface area contributed by atoms with Gasteiger partial charge in [0, 0.05) is 12.5 Å². The fourth-order valence-electron chi connectivity index (χ4n) is 1.69. The van der Waals surface area contributed by atoms with Crippen molar-refractivity contribution in [3.8, 4) is 0 Å². The molecule has 1 saturated carbocycles. The van der Waals surface area contributed by atoms with Crippen molar-refractivity contribution >= 4 is 11.9 Å². The molecule has 16 heavy (non-hydrogen) atoms. The van der Waals surface area contributed by atoms with Crippen LogP contribution in [0.15, 0.2) is 0 Å². The van der Waals surface area contributed by atoms with Gasteiger partial charge in [-0.2, -0.15) is 0 Å². The van der Waals surface area contributed by atoms with Crippen molar-refractivity contribution in [1.82, 2.24) is 4.90 Å². The minimum atomic E-state index is -0.929. The average Bonchev–Trinajstić information content (AvgIpc) is 3.04. The van der Waals surface area contributed by atoms with Crippen LogP contribution in [0.25, 0.3) is 0 Å². The molecule has 0 unspecified atom stereocenters. The molecule has 1 amide bonds. The predicted octanol–water partition coefficient (Wildman–Crippen LogP) is 0.581. The summed E-state index contributed by atoms with van der Waals surface area (Å²) in [5.41, 5.74) is 5.36. The van der Waals surface area contributed by atoms with Crippen LogP contribution in [0.1, 0.15) is 38.5 Å². The summed E-state index contributed by atoms with van der Waals surface area (Å²) in [6.45, 7) is 0.496. The van der Waals surface area contributed by atoms with Crippen molar-refractivity contribution < 1.29 is 14.7 Å². The van der Waals surface area contributed by atoms with Gasteiger partial charge in [-0.3, -0.25) is 9.59 Å². The molecule has 1 aliphatic rings. The molecule has 0 aromatic carbocycles. The standard InChI is InChI=1S/C11H20N2O3/c12-7-3-1-2-4-10(14)13(8-11(15)16)9-5-6-9/h9H,1-8,12H2,(H,15,16). The van der Waals surface area contributed by atoms with Gasteiger partial charge in [-0.25, -0.2) is 0 Å². The lowest BCUT2D eigenvalue weighted by Crippen LogP contribution is -2.37. The molecule has 1 rings (SSSR count). The first-order chi connectivity index (χ1) is 7.65. The summed E-state index contributed by atoms with van der Waals surface area (Å²) in [7, 11) is 0. The van der Waals surface area contributed by atoms with E-state index in [0.717, 1.165) is 32.1 Å². The van der Waals surface area contributed by atoms with E-state index in [1.165, 1.54) is 4.90 Å². The molecule has 0 aliphatic heterocycles. The van der Waals surface area contributed by atoms with Gasteiger partial charge in [0.2, 0.25) is 5.91 Å². The highest BCUT2D eigenvalue weighted by molar-refractivity contribution is 5.81. The van der Waals surface area contributed by atoms with Crippen molar-refractivity contribution in [1.29, 1.82) is 0 Å². The summed E-state index contributed by atoms with van der Waals surface area (Å²) in [5, 5.41) is 8.71. The quantitative estimate of drug-likeness (QED) is 0.595. The summed E-state index contributed by atoms with van der Waals surface area (Å²) in [6.07, 6.45) is 5.01. The van der Waals surface area contributed by atoms with Gasteiger partial charge in [-0.05, 0) is 32.2 Å². The molecule has 3 N–H and O–H groups in total. The lowest BCUT2D eigenvalue weighted by molar-refractivity contribution is -0.145. The Hall–Kier alpha value is -1.10. The first kappa shape index (κ1) is 13.0. The largest absolute Gasteiger partial charge is 0.480 e. The number of carbonyl (C=O) groups excluding carboxylic acids is 1. The Morgan fingerprint density at radius 1 is 1.25 bits per heavy atom. The van der Waals surface area contributed by atoms with Crippen LogP contribution in [-0.4, -0.2) is 41.0 Å². The first-order valence-corrected chi connectivity index (χ1v) is 5.86. The Kier molecular flexibility index (Phi) is 5.25. The molecule has 5 heteroatoms. The number of carboxylic acid groups (broad SMARTS) is 1. The first-order valence-electron chi connectivity index (χ1n) is 5.86. The smallest absolute Gasteiger partial charge is 0.323 e. The van der Waals surface area contributed by atoms with Crippen LogP contribution in [0.3, 0.4) is 0 Å². The van der Waals surface area contributed by atoms with Crippen LogP contribution in [0.5, 0.6) is 0 Å². The van der Waals surface area contributed by atoms with Crippen molar-refractivity contribution in [2.45, 2.75) is 44.6 Å². The maximum Gasteiger partial charge on any atom is 0.323 e. The Morgan fingerprint density at radius 2 is 1.94 bits per heavy atom. The highest BCUT2D eigenvalue weighted by Crippen LogP contribution is 2.27. The Balaban J connectivity index is 2.27. The molecule has 0 spiro atoms. The fourth-order valence-corrected chi connectivity index (χ4v) is 1.69. The number of nitrogens with zero attached hydrogens (tertiary/aromatic N) is 1. The lowest BCUT2D eigenvalue weighted by atomic mass is 10.2. The summed E-state index contributed by atoms with van der Waals surface area (Å²) in [4.78, 5) is 23.9. The van der Waals surface area contributed by atoms with Gasteiger partial charge in [0.25, 0.3) is 0 Å². The van der Waals surface area contributed by atoms with E-state index in [2.05, 4.69) is 0 Å². The lowest BCUT2D eigenvalue weighted by Gasteiger charge is -2.20. The fraction of sp³-hybridized carbons (Fsp3) is 0.818. The van der Waals surface area contributed by atoms with Crippen LogP contribution < -0.4 is 5.73 Å². The summed E-state index contributed by atoms with van der Waals surface area (Å²) < 4.78 is 0. The van der Waals surface area contributed by atoms with Crippen LogP contribution in [-0.2, 0) is 9.59 Å². The monoisotopic (exact) mass is 228 g/mol. The molecule has 92 valence electrons. The maximum atomic E-state index is 11.8. The van der Waals surface area contributed by atoms with Crippen molar-refractivity contribution in [3.05, 3.63) is 0 Å². The molecule has 0 aromatic heterocycles. The molecule has 1 aliphatic carbocycles. The minimum Gasteiger partial charge on any atom is -0.480 e. The number of hydrogen-bond acceptors (Lipinski definition) is 3. The molecule has 0 heterocycles. The molecule has 1 fully saturated rings. The highest BCUT2D eigenvalue weighted by atomic mass is 16.4. The number of hydrogen-bond donors (Lipinski definition) is 2. The predicted molar refractivity (Wildman–Crippen MR) is 59.9 cm³/mol. The zero-order chi connectivity index (χ0) is 12.0. The minimum absolute atomic E-state index is 0.0260. The second-order valence-corrected chi connectivity index (χ2v) is 4.25. The number of aliphatic carboxylic acids is 1. The van der Waals surface area contributed by atoms with Crippen LogP contribution >= 0.6 is 0 Å². The van der Waals surface area contributed by atoms with Gasteiger partial charge in [-0.15, -0.1) is 0 Å². The number of carboxylic acids is 1. The van der Waals surface area contributed by atoms with Gasteiger partial charge in [0.1, 0.15) is 6.54 Å². The van der Waals surface area contributed by atoms with Gasteiger partial charge in [0.05, 0.1) is 0 Å². The SMILES string of the molecule is NCCCCCC(=O)N(CC(=O)O)C1CC1. The summed E-state index contributed by atoms with van der Waals surface area (Å²) >= 11 is 0. The zero-order valence-corrected chi connectivity index (χ0v) is 9.52. The van der Waals surface area contributed by atoms with E-state index in [4.69, 9.17) is 10.8 Å². The van der Waals surface area contributed by atoms with E-state index in [9.17, 15) is 9.59 Å². The average molecular weight is 228 g/mol. The summed E-state index contributed by atoms with van der Waals surface area (Å²) in [6, 6.07) is 0.179. The molecule has 0 radical (unpaired) electrons. The van der Waals surface area contributed by atoms with E-state index in [0.29, 0.717) is 13.0 Å². The van der Waals surface area contributed by atoms with E-state index < -0.39 is 5.97 Å². The number of amides is 1. The second kappa shape index (κ2) is 6.48. The van der Waals surface area contributed by atoms with E-state index in [-0.39, 0.29) is 18.5 Å². The molecule has 0 bridgehead atoms. The Labute approximate surface area is 95.6 Å². The number of rotatable bonds is 8. The molecule has 5 nitrogen and oxygen atoms in total. The van der Waals surface area contributed by atoms with Gasteiger partial charge >= 0.3 is 5.97 Å². The second-order valence-electron chi connectivity index (χ2n) is 4.25. The number of nitrogens with two attached hydrogens (primary N) is 1. The van der Waals surface area contributed by atoms with E-state index in [1.54, 1.807) is 0 Å². The molecule has 0 saturated heterocycles. The molecular weight excluding hydrogens is 208 g/mol. The van der Waals surface area contributed by atoms with Crippen LogP contribution in [0.4, 0.5) is 0 Å². The zero-order valence-electron chi connectivity index (χ0n) is 9.52.